The van der Waals surface area contributed by atoms with Crippen molar-refractivity contribution in [2.75, 3.05) is 27.2 Å². The zero-order valence-electron chi connectivity index (χ0n) is 16.2. The van der Waals surface area contributed by atoms with E-state index in [1.807, 2.05) is 6.92 Å². The summed E-state index contributed by atoms with van der Waals surface area (Å²) in [7, 11) is -0.555. The third-order valence-corrected chi connectivity index (χ3v) is 6.47. The van der Waals surface area contributed by atoms with Crippen LogP contribution in [0.4, 0.5) is 0 Å². The second-order valence-corrected chi connectivity index (χ2v) is 9.12. The molecule has 1 saturated heterocycles. The molecule has 2 aromatic rings. The summed E-state index contributed by atoms with van der Waals surface area (Å²) in [6, 6.07) is 6.40. The van der Waals surface area contributed by atoms with E-state index in [1.54, 1.807) is 29.4 Å². The highest BCUT2D eigenvalue weighted by Crippen LogP contribution is 2.19. The molecule has 3 rings (SSSR count). The number of likely N-dealkylation sites (tertiary alicyclic amines) is 1. The van der Waals surface area contributed by atoms with Crippen molar-refractivity contribution < 1.29 is 17.9 Å². The summed E-state index contributed by atoms with van der Waals surface area (Å²) in [5.74, 6) is -0.112. The van der Waals surface area contributed by atoms with E-state index in [0.29, 0.717) is 37.5 Å². The van der Waals surface area contributed by atoms with Crippen LogP contribution in [0.3, 0.4) is 0 Å². The fraction of sp³-hybridized carbons (Fsp3) is 0.421. The lowest BCUT2D eigenvalue weighted by molar-refractivity contribution is 0.0578. The molecule has 1 aliphatic rings. The van der Waals surface area contributed by atoms with Crippen molar-refractivity contribution in [2.45, 2.75) is 30.8 Å². The molecule has 0 bridgehead atoms. The summed E-state index contributed by atoms with van der Waals surface area (Å²) in [5.41, 5.74) is 1.44. The number of carbonyl (C=O) groups excluding carboxylic acids is 1. The number of carbonyl (C=O) groups is 1. The molecule has 28 heavy (non-hydrogen) atoms. The van der Waals surface area contributed by atoms with E-state index in [0.717, 1.165) is 9.87 Å². The maximum absolute atomic E-state index is 12.7. The van der Waals surface area contributed by atoms with Gasteiger partial charge in [0.2, 0.25) is 10.0 Å². The number of aryl methyl sites for hydroxylation is 1. The Balaban J connectivity index is 1.58. The zero-order chi connectivity index (χ0) is 20.3. The van der Waals surface area contributed by atoms with Gasteiger partial charge in [0.25, 0.3) is 5.91 Å². The van der Waals surface area contributed by atoms with Crippen molar-refractivity contribution in [2.24, 2.45) is 0 Å². The predicted octanol–water partition coefficient (Wildman–Crippen LogP) is 1.72. The van der Waals surface area contributed by atoms with Gasteiger partial charge in [-0.25, -0.2) is 22.7 Å². The molecule has 150 valence electrons. The van der Waals surface area contributed by atoms with Crippen LogP contribution in [0.2, 0.25) is 0 Å². The van der Waals surface area contributed by atoms with Gasteiger partial charge < -0.3 is 9.64 Å². The minimum absolute atomic E-state index is 0.0284. The SMILES string of the molecule is Cc1cnc(OC2CCN(C(=O)c3ccc(S(=O)(=O)N(C)C)cc3)CC2)nc1. The van der Waals surface area contributed by atoms with Gasteiger partial charge in [-0.2, -0.15) is 0 Å². The fourth-order valence-corrected chi connectivity index (χ4v) is 3.83. The Morgan fingerprint density at radius 1 is 1.11 bits per heavy atom. The Bertz CT molecular complexity index is 919. The second-order valence-electron chi connectivity index (χ2n) is 6.96. The van der Waals surface area contributed by atoms with Crippen LogP contribution in [-0.2, 0) is 10.0 Å². The number of hydrogen-bond donors (Lipinski definition) is 0. The summed E-state index contributed by atoms with van der Waals surface area (Å²) in [6.07, 6.45) is 4.77. The molecular weight excluding hydrogens is 380 g/mol. The molecular formula is C19H24N4O4S. The monoisotopic (exact) mass is 404 g/mol. The number of benzene rings is 1. The molecule has 8 nitrogen and oxygen atoms in total. The number of aromatic nitrogens is 2. The highest BCUT2D eigenvalue weighted by molar-refractivity contribution is 7.89. The van der Waals surface area contributed by atoms with Crippen molar-refractivity contribution >= 4 is 15.9 Å². The molecule has 1 aromatic carbocycles. The number of amides is 1. The van der Waals surface area contributed by atoms with E-state index in [2.05, 4.69) is 9.97 Å². The first-order valence-corrected chi connectivity index (χ1v) is 10.5. The van der Waals surface area contributed by atoms with Crippen LogP contribution in [0, 0.1) is 6.92 Å². The van der Waals surface area contributed by atoms with E-state index in [-0.39, 0.29) is 16.9 Å². The lowest BCUT2D eigenvalue weighted by Gasteiger charge is -2.31. The summed E-state index contributed by atoms with van der Waals surface area (Å²) < 4.78 is 31.2. The van der Waals surface area contributed by atoms with E-state index in [4.69, 9.17) is 4.74 Å². The van der Waals surface area contributed by atoms with Gasteiger partial charge in [0.05, 0.1) is 4.90 Å². The van der Waals surface area contributed by atoms with Gasteiger partial charge in [0, 0.05) is 58.0 Å². The molecule has 0 N–H and O–H groups in total. The van der Waals surface area contributed by atoms with Crippen LogP contribution >= 0.6 is 0 Å². The molecule has 1 aliphatic heterocycles. The third-order valence-electron chi connectivity index (χ3n) is 4.64. The largest absolute Gasteiger partial charge is 0.460 e. The number of ether oxygens (including phenoxy) is 1. The van der Waals surface area contributed by atoms with Gasteiger partial charge in [0.15, 0.2) is 0 Å². The van der Waals surface area contributed by atoms with E-state index in [1.165, 1.54) is 26.2 Å². The van der Waals surface area contributed by atoms with Crippen molar-refractivity contribution in [1.29, 1.82) is 0 Å². The topological polar surface area (TPSA) is 92.7 Å². The average molecular weight is 404 g/mol. The number of rotatable bonds is 5. The summed E-state index contributed by atoms with van der Waals surface area (Å²) in [4.78, 5) is 22.9. The van der Waals surface area contributed by atoms with Crippen LogP contribution in [0.1, 0.15) is 28.8 Å². The Morgan fingerprint density at radius 2 is 1.68 bits per heavy atom. The highest BCUT2D eigenvalue weighted by Gasteiger charge is 2.26. The van der Waals surface area contributed by atoms with E-state index in [9.17, 15) is 13.2 Å². The Kier molecular flexibility index (Phi) is 5.95. The maximum Gasteiger partial charge on any atom is 0.316 e. The fourth-order valence-electron chi connectivity index (χ4n) is 2.93. The lowest BCUT2D eigenvalue weighted by Crippen LogP contribution is -2.42. The zero-order valence-corrected chi connectivity index (χ0v) is 17.0. The van der Waals surface area contributed by atoms with Gasteiger partial charge in [-0.15, -0.1) is 0 Å². The van der Waals surface area contributed by atoms with Gasteiger partial charge in [0.1, 0.15) is 6.10 Å². The van der Waals surface area contributed by atoms with Crippen molar-refractivity contribution in [3.63, 3.8) is 0 Å². The molecule has 0 unspecified atom stereocenters. The standard InChI is InChI=1S/C19H24N4O4S/c1-14-12-20-19(21-13-14)27-16-8-10-23(11-9-16)18(24)15-4-6-17(7-5-15)28(25,26)22(2)3/h4-7,12-13,16H,8-11H2,1-3H3. The quantitative estimate of drug-likeness (QED) is 0.753. The molecule has 0 aliphatic carbocycles. The molecule has 0 atom stereocenters. The molecule has 0 saturated carbocycles. The molecule has 1 fully saturated rings. The molecule has 9 heteroatoms. The normalized spacial score (nSPS) is 15.6. The van der Waals surface area contributed by atoms with Gasteiger partial charge >= 0.3 is 6.01 Å². The summed E-state index contributed by atoms with van der Waals surface area (Å²) >= 11 is 0. The van der Waals surface area contributed by atoms with Crippen LogP contribution in [0.25, 0.3) is 0 Å². The van der Waals surface area contributed by atoms with Crippen LogP contribution in [0.5, 0.6) is 6.01 Å². The highest BCUT2D eigenvalue weighted by atomic mass is 32.2. The van der Waals surface area contributed by atoms with Crippen LogP contribution in [0.15, 0.2) is 41.6 Å². The number of piperidine rings is 1. The summed E-state index contributed by atoms with van der Waals surface area (Å²) in [6.45, 7) is 3.04. The molecule has 2 heterocycles. The van der Waals surface area contributed by atoms with E-state index >= 15 is 0 Å². The Labute approximate surface area is 165 Å². The van der Waals surface area contributed by atoms with Gasteiger partial charge in [-0.3, -0.25) is 4.79 Å². The molecule has 1 amide bonds. The van der Waals surface area contributed by atoms with Gasteiger partial charge in [-0.05, 0) is 36.8 Å². The first-order chi connectivity index (χ1) is 13.3. The second kappa shape index (κ2) is 8.24. The number of sulfonamides is 1. The summed E-state index contributed by atoms with van der Waals surface area (Å²) in [5, 5.41) is 0. The lowest BCUT2D eigenvalue weighted by atomic mass is 10.1. The minimum atomic E-state index is -3.50. The average Bonchev–Trinajstić information content (AvgIpc) is 2.70. The third kappa shape index (κ3) is 4.48. The molecule has 1 aromatic heterocycles. The minimum Gasteiger partial charge on any atom is -0.460 e. The number of nitrogens with zero attached hydrogens (tertiary/aromatic N) is 4. The maximum atomic E-state index is 12.7. The molecule has 0 radical (unpaired) electrons. The smallest absolute Gasteiger partial charge is 0.316 e. The van der Waals surface area contributed by atoms with E-state index < -0.39 is 10.0 Å². The first kappa shape index (κ1) is 20.2. The van der Waals surface area contributed by atoms with Crippen molar-refractivity contribution in [3.05, 3.63) is 47.8 Å². The van der Waals surface area contributed by atoms with Crippen LogP contribution < -0.4 is 4.74 Å². The first-order valence-electron chi connectivity index (χ1n) is 9.04. The van der Waals surface area contributed by atoms with Crippen LogP contribution in [-0.4, -0.2) is 66.8 Å². The Hall–Kier alpha value is -2.52. The Morgan fingerprint density at radius 3 is 2.21 bits per heavy atom. The number of hydrogen-bond acceptors (Lipinski definition) is 6. The van der Waals surface area contributed by atoms with Crippen molar-refractivity contribution in [1.82, 2.24) is 19.2 Å². The predicted molar refractivity (Wildman–Crippen MR) is 104 cm³/mol. The van der Waals surface area contributed by atoms with Crippen molar-refractivity contribution in [3.8, 4) is 6.01 Å². The molecule has 0 spiro atoms. The van der Waals surface area contributed by atoms with Gasteiger partial charge in [-0.1, -0.05) is 0 Å².